The minimum atomic E-state index is -0.482. The number of piperazine rings is 1. The van der Waals surface area contributed by atoms with E-state index in [-0.39, 0.29) is 17.9 Å². The monoisotopic (exact) mass is 283 g/mol. The number of ether oxygens (including phenoxy) is 1. The lowest BCUT2D eigenvalue weighted by Gasteiger charge is -2.39. The van der Waals surface area contributed by atoms with Crippen molar-refractivity contribution < 1.29 is 14.3 Å². The summed E-state index contributed by atoms with van der Waals surface area (Å²) in [6.45, 7) is 8.84. The van der Waals surface area contributed by atoms with Gasteiger partial charge in [0.25, 0.3) is 0 Å². The maximum absolute atomic E-state index is 12.2. The van der Waals surface area contributed by atoms with Crippen LogP contribution in [0, 0.1) is 5.92 Å². The number of rotatable bonds is 2. The first kappa shape index (κ1) is 15.1. The predicted molar refractivity (Wildman–Crippen MR) is 75.3 cm³/mol. The summed E-state index contributed by atoms with van der Waals surface area (Å²) in [4.78, 5) is 25.7. The van der Waals surface area contributed by atoms with E-state index in [9.17, 15) is 9.59 Å². The third-order valence-corrected chi connectivity index (χ3v) is 3.64. The van der Waals surface area contributed by atoms with E-state index < -0.39 is 11.7 Å². The van der Waals surface area contributed by atoms with Crippen molar-refractivity contribution in [3.8, 4) is 0 Å². The van der Waals surface area contributed by atoms with Crippen LogP contribution in [0.15, 0.2) is 0 Å². The average Bonchev–Trinajstić information content (AvgIpc) is 2.31. The van der Waals surface area contributed by atoms with Gasteiger partial charge in [-0.1, -0.05) is 0 Å². The Kier molecular flexibility index (Phi) is 4.52. The number of carbonyl (C=O) groups is 2. The summed E-state index contributed by atoms with van der Waals surface area (Å²) in [7, 11) is 0. The van der Waals surface area contributed by atoms with E-state index in [1.807, 2.05) is 25.7 Å². The number of amides is 2. The zero-order valence-corrected chi connectivity index (χ0v) is 12.6. The highest BCUT2D eigenvalue weighted by molar-refractivity contribution is 5.80. The Morgan fingerprint density at radius 2 is 1.80 bits per heavy atom. The Labute approximate surface area is 120 Å². The molecule has 20 heavy (non-hydrogen) atoms. The van der Waals surface area contributed by atoms with Crippen LogP contribution in [0.2, 0.25) is 0 Å². The molecule has 6 nitrogen and oxygen atoms in total. The van der Waals surface area contributed by atoms with Gasteiger partial charge in [0.2, 0.25) is 5.91 Å². The number of hydrogen-bond donors (Lipinski definition) is 2. The molecular formula is C14H25N3O3. The number of nitrogens with zero attached hydrogens (tertiary/aromatic N) is 1. The van der Waals surface area contributed by atoms with Crippen molar-refractivity contribution in [1.29, 1.82) is 0 Å². The van der Waals surface area contributed by atoms with Gasteiger partial charge in [0.1, 0.15) is 5.60 Å². The molecule has 1 aliphatic heterocycles. The Balaban J connectivity index is 1.69. The number of nitrogens with one attached hydrogen (secondary N) is 2. The second kappa shape index (κ2) is 5.99. The molecular weight excluding hydrogens is 258 g/mol. The van der Waals surface area contributed by atoms with Gasteiger partial charge >= 0.3 is 6.09 Å². The van der Waals surface area contributed by atoms with Gasteiger partial charge in [-0.3, -0.25) is 4.79 Å². The van der Waals surface area contributed by atoms with Crippen molar-refractivity contribution in [3.05, 3.63) is 0 Å². The number of carbonyl (C=O) groups excluding carboxylic acids is 2. The normalized spacial score (nSPS) is 26.6. The first-order chi connectivity index (χ1) is 9.35. The molecule has 0 unspecified atom stereocenters. The third-order valence-electron chi connectivity index (χ3n) is 3.64. The van der Waals surface area contributed by atoms with Crippen LogP contribution < -0.4 is 10.6 Å². The topological polar surface area (TPSA) is 70.7 Å². The lowest BCUT2D eigenvalue weighted by molar-refractivity contribution is -0.139. The lowest BCUT2D eigenvalue weighted by Crippen LogP contribution is -2.54. The van der Waals surface area contributed by atoms with Crippen LogP contribution in [-0.4, -0.2) is 54.7 Å². The van der Waals surface area contributed by atoms with Crippen LogP contribution in [0.25, 0.3) is 0 Å². The second-order valence-electron chi connectivity index (χ2n) is 6.59. The van der Waals surface area contributed by atoms with Gasteiger partial charge in [-0.25, -0.2) is 4.79 Å². The molecule has 0 spiro atoms. The molecule has 0 aromatic heterocycles. The largest absolute Gasteiger partial charge is 0.444 e. The van der Waals surface area contributed by atoms with Gasteiger partial charge in [0, 0.05) is 38.1 Å². The predicted octanol–water partition coefficient (Wildman–Crippen LogP) is 0.722. The zero-order chi connectivity index (χ0) is 14.8. The molecule has 2 aliphatic rings. The Morgan fingerprint density at radius 3 is 2.35 bits per heavy atom. The summed E-state index contributed by atoms with van der Waals surface area (Å²) in [5.74, 6) is 0.293. The van der Waals surface area contributed by atoms with Gasteiger partial charge in [-0.15, -0.1) is 0 Å². The van der Waals surface area contributed by atoms with Crippen LogP contribution in [0.3, 0.4) is 0 Å². The summed E-state index contributed by atoms with van der Waals surface area (Å²) in [6.07, 6.45) is 1.06. The fourth-order valence-electron chi connectivity index (χ4n) is 2.55. The van der Waals surface area contributed by atoms with Gasteiger partial charge in [0.15, 0.2) is 0 Å². The van der Waals surface area contributed by atoms with Crippen molar-refractivity contribution in [3.63, 3.8) is 0 Å². The van der Waals surface area contributed by atoms with E-state index in [0.29, 0.717) is 0 Å². The Bertz CT molecular complexity index is 366. The summed E-state index contributed by atoms with van der Waals surface area (Å²) >= 11 is 0. The highest BCUT2D eigenvalue weighted by atomic mass is 16.6. The first-order valence-corrected chi connectivity index (χ1v) is 7.34. The first-order valence-electron chi connectivity index (χ1n) is 7.34. The standard InChI is InChI=1S/C14H25N3O3/c1-14(2,3)20-13(19)16-11-8-10(9-11)12(18)17-6-4-15-5-7-17/h10-11,15H,4-9H2,1-3H3,(H,16,19). The van der Waals surface area contributed by atoms with Crippen molar-refractivity contribution in [2.75, 3.05) is 26.2 Å². The maximum atomic E-state index is 12.2. The zero-order valence-electron chi connectivity index (χ0n) is 12.6. The lowest BCUT2D eigenvalue weighted by atomic mass is 9.79. The molecule has 0 bridgehead atoms. The molecule has 114 valence electrons. The molecule has 2 rings (SSSR count). The summed E-state index contributed by atoms with van der Waals surface area (Å²) in [5.41, 5.74) is -0.482. The van der Waals surface area contributed by atoms with Crippen LogP contribution >= 0.6 is 0 Å². The second-order valence-corrected chi connectivity index (χ2v) is 6.59. The summed E-state index contributed by atoms with van der Waals surface area (Å²) in [6, 6.07) is 0.0710. The van der Waals surface area contributed by atoms with E-state index in [2.05, 4.69) is 10.6 Å². The fraction of sp³-hybridized carbons (Fsp3) is 0.857. The Morgan fingerprint density at radius 1 is 1.20 bits per heavy atom. The van der Waals surface area contributed by atoms with Gasteiger partial charge < -0.3 is 20.3 Å². The molecule has 2 fully saturated rings. The third kappa shape index (κ3) is 4.10. The summed E-state index contributed by atoms with van der Waals surface area (Å²) in [5, 5.41) is 6.05. The molecule has 0 aromatic rings. The van der Waals surface area contributed by atoms with Gasteiger partial charge in [-0.2, -0.15) is 0 Å². The molecule has 0 atom stereocenters. The molecule has 0 radical (unpaired) electrons. The SMILES string of the molecule is CC(C)(C)OC(=O)NC1CC(C(=O)N2CCNCC2)C1. The highest BCUT2D eigenvalue weighted by Gasteiger charge is 2.38. The molecule has 1 saturated heterocycles. The average molecular weight is 283 g/mol. The number of hydrogen-bond acceptors (Lipinski definition) is 4. The van der Waals surface area contributed by atoms with Crippen LogP contribution in [0.1, 0.15) is 33.6 Å². The van der Waals surface area contributed by atoms with E-state index in [0.717, 1.165) is 39.0 Å². The van der Waals surface area contributed by atoms with Crippen LogP contribution in [-0.2, 0) is 9.53 Å². The molecule has 6 heteroatoms. The van der Waals surface area contributed by atoms with Gasteiger partial charge in [-0.05, 0) is 33.6 Å². The minimum Gasteiger partial charge on any atom is -0.444 e. The van der Waals surface area contributed by atoms with Crippen molar-refractivity contribution in [1.82, 2.24) is 15.5 Å². The summed E-state index contributed by atoms with van der Waals surface area (Å²) < 4.78 is 5.20. The van der Waals surface area contributed by atoms with E-state index in [4.69, 9.17) is 4.74 Å². The highest BCUT2D eigenvalue weighted by Crippen LogP contribution is 2.29. The van der Waals surface area contributed by atoms with Crippen molar-refractivity contribution in [2.24, 2.45) is 5.92 Å². The number of alkyl carbamates (subject to hydrolysis) is 1. The molecule has 1 heterocycles. The quantitative estimate of drug-likeness (QED) is 0.783. The maximum Gasteiger partial charge on any atom is 0.407 e. The van der Waals surface area contributed by atoms with E-state index in [1.165, 1.54) is 0 Å². The van der Waals surface area contributed by atoms with Crippen LogP contribution in [0.4, 0.5) is 4.79 Å². The minimum absolute atomic E-state index is 0.0630. The molecule has 2 N–H and O–H groups in total. The van der Waals surface area contributed by atoms with Crippen LogP contribution in [0.5, 0.6) is 0 Å². The molecule has 1 aliphatic carbocycles. The molecule has 2 amide bonds. The fourth-order valence-corrected chi connectivity index (χ4v) is 2.55. The van der Waals surface area contributed by atoms with Gasteiger partial charge in [0.05, 0.1) is 0 Å². The van der Waals surface area contributed by atoms with Crippen molar-refractivity contribution >= 4 is 12.0 Å². The molecule has 0 aromatic carbocycles. The Hall–Kier alpha value is -1.30. The smallest absolute Gasteiger partial charge is 0.407 e. The van der Waals surface area contributed by atoms with Crippen molar-refractivity contribution in [2.45, 2.75) is 45.3 Å². The molecule has 1 saturated carbocycles. The van der Waals surface area contributed by atoms with E-state index >= 15 is 0 Å². The van der Waals surface area contributed by atoms with E-state index in [1.54, 1.807) is 0 Å².